The van der Waals surface area contributed by atoms with E-state index in [0.717, 1.165) is 31.1 Å². The summed E-state index contributed by atoms with van der Waals surface area (Å²) in [7, 11) is 2.08. The van der Waals surface area contributed by atoms with E-state index in [2.05, 4.69) is 60.4 Å². The minimum absolute atomic E-state index is 0.867. The Kier molecular flexibility index (Phi) is 4.99. The molecule has 0 aliphatic carbocycles. The average molecular weight is 269 g/mol. The van der Waals surface area contributed by atoms with Crippen LogP contribution in [-0.4, -0.2) is 18.6 Å². The Balaban J connectivity index is 2.06. The van der Waals surface area contributed by atoms with Gasteiger partial charge in [-0.05, 0) is 31.0 Å². The highest BCUT2D eigenvalue weighted by Crippen LogP contribution is 2.16. The number of nitrogens with zero attached hydrogens (tertiary/aromatic N) is 2. The van der Waals surface area contributed by atoms with E-state index in [-0.39, 0.29) is 0 Å². The van der Waals surface area contributed by atoms with E-state index >= 15 is 0 Å². The summed E-state index contributed by atoms with van der Waals surface area (Å²) in [6, 6.07) is 14.7. The molecule has 0 saturated carbocycles. The number of aromatic nitrogens is 1. The molecule has 2 rings (SSSR count). The Labute approximate surface area is 121 Å². The number of aryl methyl sites for hydroxylation is 1. The number of benzene rings is 1. The molecule has 0 bridgehead atoms. The van der Waals surface area contributed by atoms with Gasteiger partial charge in [0.15, 0.2) is 0 Å². The SMILES string of the molecule is CCCNc1cccc(N(C)Cc2cccc(C)c2)n1. The topological polar surface area (TPSA) is 28.2 Å². The molecule has 0 unspecified atom stereocenters. The fourth-order valence-corrected chi connectivity index (χ4v) is 2.15. The minimum Gasteiger partial charge on any atom is -0.370 e. The van der Waals surface area contributed by atoms with E-state index in [1.54, 1.807) is 0 Å². The molecular weight excluding hydrogens is 246 g/mol. The zero-order valence-electron chi connectivity index (χ0n) is 12.6. The normalized spacial score (nSPS) is 10.3. The molecule has 0 aliphatic rings. The van der Waals surface area contributed by atoms with Gasteiger partial charge in [0.1, 0.15) is 11.6 Å². The number of hydrogen-bond donors (Lipinski definition) is 1. The molecule has 1 aromatic carbocycles. The van der Waals surface area contributed by atoms with E-state index in [9.17, 15) is 0 Å². The zero-order chi connectivity index (χ0) is 14.4. The third-order valence-electron chi connectivity index (χ3n) is 3.18. The summed E-state index contributed by atoms with van der Waals surface area (Å²) in [5.74, 6) is 1.94. The minimum atomic E-state index is 0.867. The Hall–Kier alpha value is -2.03. The second-order valence-electron chi connectivity index (χ2n) is 5.15. The number of nitrogens with one attached hydrogen (secondary N) is 1. The van der Waals surface area contributed by atoms with Gasteiger partial charge in [0, 0.05) is 20.1 Å². The molecule has 0 radical (unpaired) electrons. The molecule has 1 aromatic heterocycles. The van der Waals surface area contributed by atoms with Crippen LogP contribution < -0.4 is 10.2 Å². The standard InChI is InChI=1S/C17H23N3/c1-4-11-18-16-9-6-10-17(19-16)20(3)13-15-8-5-7-14(2)12-15/h5-10,12H,4,11,13H2,1-3H3,(H,18,19). The smallest absolute Gasteiger partial charge is 0.130 e. The van der Waals surface area contributed by atoms with Gasteiger partial charge in [-0.25, -0.2) is 4.98 Å². The van der Waals surface area contributed by atoms with Crippen LogP contribution in [-0.2, 0) is 6.54 Å². The van der Waals surface area contributed by atoms with E-state index in [1.165, 1.54) is 11.1 Å². The zero-order valence-corrected chi connectivity index (χ0v) is 12.6. The second kappa shape index (κ2) is 6.94. The average Bonchev–Trinajstić information content (AvgIpc) is 2.45. The summed E-state index contributed by atoms with van der Waals surface area (Å²) >= 11 is 0. The lowest BCUT2D eigenvalue weighted by Crippen LogP contribution is -2.18. The van der Waals surface area contributed by atoms with Crippen molar-refractivity contribution in [3.8, 4) is 0 Å². The molecule has 20 heavy (non-hydrogen) atoms. The van der Waals surface area contributed by atoms with Crippen molar-refractivity contribution in [2.75, 3.05) is 23.8 Å². The maximum absolute atomic E-state index is 4.64. The summed E-state index contributed by atoms with van der Waals surface area (Å²) in [5, 5.41) is 3.32. The molecule has 0 fully saturated rings. The summed E-state index contributed by atoms with van der Waals surface area (Å²) in [5.41, 5.74) is 2.60. The van der Waals surface area contributed by atoms with Gasteiger partial charge < -0.3 is 10.2 Å². The van der Waals surface area contributed by atoms with Crippen molar-refractivity contribution in [2.24, 2.45) is 0 Å². The highest BCUT2D eigenvalue weighted by atomic mass is 15.2. The number of pyridine rings is 1. The Bertz CT molecular complexity index is 551. The van der Waals surface area contributed by atoms with Crippen LogP contribution in [0.1, 0.15) is 24.5 Å². The van der Waals surface area contributed by atoms with Crippen LogP contribution in [0.5, 0.6) is 0 Å². The molecule has 2 aromatic rings. The molecule has 1 heterocycles. The molecule has 0 saturated heterocycles. The van der Waals surface area contributed by atoms with Gasteiger partial charge in [-0.2, -0.15) is 0 Å². The first kappa shape index (κ1) is 14.4. The molecule has 0 amide bonds. The monoisotopic (exact) mass is 269 g/mol. The van der Waals surface area contributed by atoms with Crippen molar-refractivity contribution < 1.29 is 0 Å². The van der Waals surface area contributed by atoms with Gasteiger partial charge in [0.05, 0.1) is 0 Å². The summed E-state index contributed by atoms with van der Waals surface area (Å²) in [6.45, 7) is 6.10. The van der Waals surface area contributed by atoms with Crippen molar-refractivity contribution in [3.05, 3.63) is 53.6 Å². The summed E-state index contributed by atoms with van der Waals surface area (Å²) in [4.78, 5) is 6.82. The van der Waals surface area contributed by atoms with Gasteiger partial charge in [0.2, 0.25) is 0 Å². The van der Waals surface area contributed by atoms with E-state index < -0.39 is 0 Å². The van der Waals surface area contributed by atoms with Crippen LogP contribution in [0.4, 0.5) is 11.6 Å². The highest BCUT2D eigenvalue weighted by molar-refractivity contribution is 5.47. The van der Waals surface area contributed by atoms with Crippen LogP contribution in [0.25, 0.3) is 0 Å². The van der Waals surface area contributed by atoms with Crippen LogP contribution in [0.3, 0.4) is 0 Å². The number of hydrogen-bond acceptors (Lipinski definition) is 3. The van der Waals surface area contributed by atoms with Crippen LogP contribution in [0, 0.1) is 6.92 Å². The van der Waals surface area contributed by atoms with Crippen molar-refractivity contribution in [1.82, 2.24) is 4.98 Å². The molecule has 3 heteroatoms. The fraction of sp³-hybridized carbons (Fsp3) is 0.353. The van der Waals surface area contributed by atoms with E-state index in [1.807, 2.05) is 18.2 Å². The maximum atomic E-state index is 4.64. The second-order valence-corrected chi connectivity index (χ2v) is 5.15. The highest BCUT2D eigenvalue weighted by Gasteiger charge is 2.04. The molecule has 106 valence electrons. The number of anilines is 2. The van der Waals surface area contributed by atoms with Crippen LogP contribution in [0.15, 0.2) is 42.5 Å². The van der Waals surface area contributed by atoms with Crippen LogP contribution in [0.2, 0.25) is 0 Å². The van der Waals surface area contributed by atoms with Gasteiger partial charge in [-0.1, -0.05) is 42.8 Å². The van der Waals surface area contributed by atoms with Crippen molar-refractivity contribution in [3.63, 3.8) is 0 Å². The largest absolute Gasteiger partial charge is 0.370 e. The van der Waals surface area contributed by atoms with Crippen molar-refractivity contribution >= 4 is 11.6 Å². The maximum Gasteiger partial charge on any atom is 0.130 e. The van der Waals surface area contributed by atoms with Crippen LogP contribution >= 0.6 is 0 Å². The molecule has 0 aliphatic heterocycles. The third-order valence-corrected chi connectivity index (χ3v) is 3.18. The summed E-state index contributed by atoms with van der Waals surface area (Å²) < 4.78 is 0. The molecular formula is C17H23N3. The van der Waals surface area contributed by atoms with Gasteiger partial charge in [-0.15, -0.1) is 0 Å². The Morgan fingerprint density at radius 3 is 2.70 bits per heavy atom. The van der Waals surface area contributed by atoms with Gasteiger partial charge in [0.25, 0.3) is 0 Å². The third kappa shape index (κ3) is 3.98. The predicted molar refractivity (Wildman–Crippen MR) is 86.3 cm³/mol. The Morgan fingerprint density at radius 1 is 1.15 bits per heavy atom. The fourth-order valence-electron chi connectivity index (χ4n) is 2.15. The first-order chi connectivity index (χ1) is 9.69. The molecule has 0 atom stereocenters. The lowest BCUT2D eigenvalue weighted by atomic mass is 10.1. The lowest BCUT2D eigenvalue weighted by Gasteiger charge is -2.19. The first-order valence-corrected chi connectivity index (χ1v) is 7.16. The van der Waals surface area contributed by atoms with Crippen molar-refractivity contribution in [2.45, 2.75) is 26.8 Å². The quantitative estimate of drug-likeness (QED) is 0.863. The summed E-state index contributed by atoms with van der Waals surface area (Å²) in [6.07, 6.45) is 1.10. The van der Waals surface area contributed by atoms with Crippen molar-refractivity contribution in [1.29, 1.82) is 0 Å². The number of rotatable bonds is 6. The van der Waals surface area contributed by atoms with Gasteiger partial charge >= 0.3 is 0 Å². The van der Waals surface area contributed by atoms with E-state index in [0.29, 0.717) is 0 Å². The van der Waals surface area contributed by atoms with E-state index in [4.69, 9.17) is 0 Å². The molecule has 3 nitrogen and oxygen atoms in total. The first-order valence-electron chi connectivity index (χ1n) is 7.16. The van der Waals surface area contributed by atoms with Gasteiger partial charge in [-0.3, -0.25) is 0 Å². The predicted octanol–water partition coefficient (Wildman–Crippen LogP) is 3.85. The molecule has 1 N–H and O–H groups in total. The molecule has 0 spiro atoms. The lowest BCUT2D eigenvalue weighted by molar-refractivity contribution is 0.893. The Morgan fingerprint density at radius 2 is 1.95 bits per heavy atom.